The Hall–Kier alpha value is -2.47. The smallest absolute Gasteiger partial charge is 0.220 e. The van der Waals surface area contributed by atoms with Crippen LogP contribution in [0.1, 0.15) is 0 Å². The van der Waals surface area contributed by atoms with Crippen molar-refractivity contribution in [3.8, 4) is 0 Å². The Bertz CT molecular complexity index is 760. The summed E-state index contributed by atoms with van der Waals surface area (Å²) in [5, 5.41) is 3.63. The number of anilines is 2. The summed E-state index contributed by atoms with van der Waals surface area (Å²) in [6.45, 7) is 0.148. The molecule has 1 aliphatic rings. The first-order valence-corrected chi connectivity index (χ1v) is 8.60. The number of thioether (sulfide) groups is 1. The molecule has 6 heteroatoms. The molecule has 0 amide bonds. The second-order valence-corrected chi connectivity index (χ2v) is 6.08. The largest absolute Gasteiger partial charge is 0.491 e. The monoisotopic (exact) mass is 344 g/mol. The molecule has 0 unspecified atom stereocenters. The number of rotatable bonds is 4. The molecule has 0 bridgehead atoms. The Morgan fingerprint density at radius 2 is 1.67 bits per heavy atom. The maximum Gasteiger partial charge on any atom is 0.220 e. The summed E-state index contributed by atoms with van der Waals surface area (Å²) < 4.78 is 18.4. The number of carbonyl (C=O) groups is 1. The van der Waals surface area contributed by atoms with E-state index in [2.05, 4.69) is 0 Å². The average molecular weight is 344 g/mol. The molecular formula is C18H17FN2O2S. The highest BCUT2D eigenvalue weighted by Crippen LogP contribution is 2.29. The lowest BCUT2D eigenvalue weighted by Crippen LogP contribution is -2.47. The topological polar surface area (TPSA) is 32.8 Å². The van der Waals surface area contributed by atoms with Gasteiger partial charge in [-0.3, -0.25) is 14.8 Å². The fraction of sp³-hybridized carbons (Fsp3) is 0.167. The number of carbonyl (C=O) groups excluding carboxylic acids is 1. The van der Waals surface area contributed by atoms with E-state index in [-0.39, 0.29) is 23.9 Å². The second kappa shape index (κ2) is 6.97. The Kier molecular flexibility index (Phi) is 4.76. The summed E-state index contributed by atoms with van der Waals surface area (Å²) in [5.74, 6) is -0.139. The number of ether oxygens (including phenoxy) is 1. The van der Waals surface area contributed by atoms with E-state index in [1.54, 1.807) is 35.1 Å². The molecule has 0 radical (unpaired) electrons. The lowest BCUT2D eigenvalue weighted by Gasteiger charge is -2.38. The minimum Gasteiger partial charge on any atom is -0.491 e. The van der Waals surface area contributed by atoms with Crippen LogP contribution in [0.3, 0.4) is 0 Å². The first-order chi connectivity index (χ1) is 11.6. The van der Waals surface area contributed by atoms with Gasteiger partial charge in [0.15, 0.2) is 5.76 Å². The van der Waals surface area contributed by atoms with Crippen LogP contribution < -0.4 is 10.0 Å². The number of ketones is 1. The molecule has 24 heavy (non-hydrogen) atoms. The van der Waals surface area contributed by atoms with Gasteiger partial charge in [-0.1, -0.05) is 0 Å². The number of hydrogen-bond donors (Lipinski definition) is 0. The van der Waals surface area contributed by atoms with Crippen LogP contribution >= 0.6 is 11.8 Å². The van der Waals surface area contributed by atoms with Crippen LogP contribution in [-0.4, -0.2) is 25.7 Å². The molecule has 0 saturated heterocycles. The van der Waals surface area contributed by atoms with E-state index < -0.39 is 0 Å². The maximum absolute atomic E-state index is 13.2. The molecule has 0 aromatic heterocycles. The van der Waals surface area contributed by atoms with Crippen molar-refractivity contribution in [2.75, 3.05) is 29.9 Å². The molecular weight excluding hydrogens is 327 g/mol. The van der Waals surface area contributed by atoms with Crippen LogP contribution in [0, 0.1) is 5.82 Å². The molecule has 0 spiro atoms. The number of methoxy groups -OCH3 is 1. The molecule has 2 aromatic rings. The molecule has 0 aliphatic carbocycles. The summed E-state index contributed by atoms with van der Waals surface area (Å²) in [6, 6.07) is 14.0. The highest BCUT2D eigenvalue weighted by atomic mass is 32.2. The number of hydrazine groups is 1. The summed E-state index contributed by atoms with van der Waals surface area (Å²) >= 11 is 1.65. The minimum atomic E-state index is -0.307. The van der Waals surface area contributed by atoms with Gasteiger partial charge >= 0.3 is 0 Å². The predicted molar refractivity (Wildman–Crippen MR) is 94.5 cm³/mol. The zero-order valence-corrected chi connectivity index (χ0v) is 14.2. The van der Waals surface area contributed by atoms with E-state index in [1.165, 1.54) is 19.2 Å². The van der Waals surface area contributed by atoms with Crippen LogP contribution in [-0.2, 0) is 9.53 Å². The van der Waals surface area contributed by atoms with Crippen molar-refractivity contribution < 1.29 is 13.9 Å². The van der Waals surface area contributed by atoms with Gasteiger partial charge in [0, 0.05) is 4.90 Å². The molecule has 1 heterocycles. The van der Waals surface area contributed by atoms with Gasteiger partial charge in [-0.25, -0.2) is 4.39 Å². The molecule has 0 fully saturated rings. The highest BCUT2D eigenvalue weighted by molar-refractivity contribution is 7.98. The van der Waals surface area contributed by atoms with Crippen molar-refractivity contribution in [2.45, 2.75) is 4.90 Å². The lowest BCUT2D eigenvalue weighted by molar-refractivity contribution is -0.117. The van der Waals surface area contributed by atoms with Gasteiger partial charge in [0.1, 0.15) is 12.4 Å². The SMILES string of the molecule is COC1=CN(c2ccc(F)cc2)N(c2ccc(SC)cc2)CC1=O. The third-order valence-electron chi connectivity index (χ3n) is 3.75. The second-order valence-electron chi connectivity index (χ2n) is 5.20. The molecule has 4 nitrogen and oxygen atoms in total. The first-order valence-electron chi connectivity index (χ1n) is 7.37. The molecule has 0 atom stereocenters. The normalized spacial score (nSPS) is 14.6. The Morgan fingerprint density at radius 1 is 1.04 bits per heavy atom. The fourth-order valence-corrected chi connectivity index (χ4v) is 2.90. The van der Waals surface area contributed by atoms with Crippen molar-refractivity contribution in [2.24, 2.45) is 0 Å². The van der Waals surface area contributed by atoms with Crippen molar-refractivity contribution in [1.29, 1.82) is 0 Å². The van der Waals surface area contributed by atoms with Gasteiger partial charge in [0.05, 0.1) is 24.7 Å². The zero-order valence-electron chi connectivity index (χ0n) is 13.4. The van der Waals surface area contributed by atoms with Crippen LogP contribution in [0.4, 0.5) is 15.8 Å². The molecule has 124 valence electrons. The number of Topliss-reactive ketones (excluding diaryl/α,β-unsaturated/α-hetero) is 1. The molecule has 0 N–H and O–H groups in total. The minimum absolute atomic E-state index is 0.107. The standard InChI is InChI=1S/C18H17FN2O2S/c1-23-18-12-21(14-5-3-13(19)4-6-14)20(11-17(18)22)15-7-9-16(24-2)10-8-15/h3-10,12H,11H2,1-2H3. The van der Waals surface area contributed by atoms with Crippen molar-refractivity contribution in [3.63, 3.8) is 0 Å². The number of nitrogens with zero attached hydrogens (tertiary/aromatic N) is 2. The summed E-state index contributed by atoms with van der Waals surface area (Å²) in [7, 11) is 1.47. The molecule has 3 rings (SSSR count). The van der Waals surface area contributed by atoms with Crippen LogP contribution in [0.2, 0.25) is 0 Å². The first kappa shape index (κ1) is 16.4. The Labute approximate surface area is 144 Å². The predicted octanol–water partition coefficient (Wildman–Crippen LogP) is 3.85. The Morgan fingerprint density at radius 3 is 2.25 bits per heavy atom. The van der Waals surface area contributed by atoms with E-state index in [1.807, 2.05) is 35.5 Å². The summed E-state index contributed by atoms with van der Waals surface area (Å²) in [4.78, 5) is 13.4. The van der Waals surface area contributed by atoms with Gasteiger partial charge in [-0.05, 0) is 54.8 Å². The van der Waals surface area contributed by atoms with E-state index in [0.29, 0.717) is 0 Å². The van der Waals surface area contributed by atoms with Crippen LogP contribution in [0.15, 0.2) is 65.4 Å². The van der Waals surface area contributed by atoms with E-state index >= 15 is 0 Å². The molecule has 0 saturated carbocycles. The van der Waals surface area contributed by atoms with Gasteiger partial charge in [0.25, 0.3) is 0 Å². The third kappa shape index (κ3) is 3.23. The van der Waals surface area contributed by atoms with E-state index in [4.69, 9.17) is 4.74 Å². The van der Waals surface area contributed by atoms with Gasteiger partial charge in [-0.15, -0.1) is 11.8 Å². The van der Waals surface area contributed by atoms with Crippen molar-refractivity contribution in [1.82, 2.24) is 0 Å². The van der Waals surface area contributed by atoms with Crippen LogP contribution in [0.5, 0.6) is 0 Å². The molecule has 1 aliphatic heterocycles. The zero-order chi connectivity index (χ0) is 17.1. The van der Waals surface area contributed by atoms with Crippen molar-refractivity contribution in [3.05, 3.63) is 66.3 Å². The Balaban J connectivity index is 2.02. The highest BCUT2D eigenvalue weighted by Gasteiger charge is 2.27. The third-order valence-corrected chi connectivity index (χ3v) is 4.49. The fourth-order valence-electron chi connectivity index (χ4n) is 2.49. The quantitative estimate of drug-likeness (QED) is 0.787. The number of hydrogen-bond acceptors (Lipinski definition) is 5. The summed E-state index contributed by atoms with van der Waals surface area (Å²) in [6.07, 6.45) is 3.64. The van der Waals surface area contributed by atoms with Crippen molar-refractivity contribution >= 4 is 28.9 Å². The number of halogens is 1. The van der Waals surface area contributed by atoms with Gasteiger partial charge in [0.2, 0.25) is 5.78 Å². The maximum atomic E-state index is 13.2. The van der Waals surface area contributed by atoms with Gasteiger partial charge < -0.3 is 4.74 Å². The average Bonchev–Trinajstić information content (AvgIpc) is 2.62. The summed E-state index contributed by atoms with van der Waals surface area (Å²) in [5.41, 5.74) is 1.62. The van der Waals surface area contributed by atoms with Gasteiger partial charge in [-0.2, -0.15) is 0 Å². The molecule has 2 aromatic carbocycles. The number of benzene rings is 2. The van der Waals surface area contributed by atoms with E-state index in [0.717, 1.165) is 16.3 Å². The van der Waals surface area contributed by atoms with E-state index in [9.17, 15) is 9.18 Å². The lowest BCUT2D eigenvalue weighted by atomic mass is 10.2. The van der Waals surface area contributed by atoms with Crippen LogP contribution in [0.25, 0.3) is 0 Å².